The van der Waals surface area contributed by atoms with Crippen LogP contribution in [0.2, 0.25) is 0 Å². The molecule has 0 aromatic heterocycles. The van der Waals surface area contributed by atoms with E-state index in [9.17, 15) is 0 Å². The summed E-state index contributed by atoms with van der Waals surface area (Å²) in [5.74, 6) is 0. The van der Waals surface area contributed by atoms with Gasteiger partial charge < -0.3 is 9.84 Å². The molecule has 0 bridgehead atoms. The van der Waals surface area contributed by atoms with Gasteiger partial charge in [0.2, 0.25) is 0 Å². The van der Waals surface area contributed by atoms with Gasteiger partial charge in [-0.05, 0) is 20.8 Å². The van der Waals surface area contributed by atoms with Gasteiger partial charge in [0.15, 0.2) is 0 Å². The maximum atomic E-state index is 8.95. The van der Waals surface area contributed by atoms with Crippen molar-refractivity contribution < 1.29 is 9.84 Å². The average Bonchev–Trinajstić information content (AvgIpc) is 2.01. The molecule has 1 aliphatic heterocycles. The molecule has 1 aliphatic rings. The zero-order chi connectivity index (χ0) is 10.8. The summed E-state index contributed by atoms with van der Waals surface area (Å²) in [6, 6.07) is 0. The van der Waals surface area contributed by atoms with Crippen molar-refractivity contribution in [2.75, 3.05) is 30.7 Å². The Morgan fingerprint density at radius 1 is 1.36 bits per heavy atom. The van der Waals surface area contributed by atoms with Crippen LogP contribution in [-0.2, 0) is 4.74 Å². The number of aliphatic hydroxyl groups is 1. The molecule has 0 amide bonds. The molecule has 0 saturated carbocycles. The van der Waals surface area contributed by atoms with Gasteiger partial charge in [-0.15, -0.1) is 0 Å². The third-order valence-electron chi connectivity index (χ3n) is 2.38. The molecule has 1 atom stereocenters. The van der Waals surface area contributed by atoms with Crippen molar-refractivity contribution in [3.63, 3.8) is 0 Å². The zero-order valence-corrected chi connectivity index (χ0v) is 11.4. The standard InChI is InChI=1S/C10H20INO2/c1-9(2)7-12(4-5-13)8-10(3,6-11)14-9/h13H,4-8H2,1-3H3. The molecule has 1 N–H and O–H groups in total. The summed E-state index contributed by atoms with van der Waals surface area (Å²) in [6.45, 7) is 9.17. The van der Waals surface area contributed by atoms with Crippen molar-refractivity contribution in [3.05, 3.63) is 0 Å². The van der Waals surface area contributed by atoms with Crippen LogP contribution in [0.15, 0.2) is 0 Å². The van der Waals surface area contributed by atoms with E-state index in [1.165, 1.54) is 0 Å². The second-order valence-corrected chi connectivity index (χ2v) is 5.64. The minimum Gasteiger partial charge on any atom is -0.395 e. The van der Waals surface area contributed by atoms with Gasteiger partial charge in [0.25, 0.3) is 0 Å². The van der Waals surface area contributed by atoms with Gasteiger partial charge in [0.05, 0.1) is 17.8 Å². The highest BCUT2D eigenvalue weighted by Crippen LogP contribution is 2.29. The molecule has 3 nitrogen and oxygen atoms in total. The van der Waals surface area contributed by atoms with E-state index < -0.39 is 0 Å². The number of aliphatic hydroxyl groups excluding tert-OH is 1. The highest BCUT2D eigenvalue weighted by molar-refractivity contribution is 14.1. The summed E-state index contributed by atoms with van der Waals surface area (Å²) in [5, 5.41) is 8.95. The maximum Gasteiger partial charge on any atom is 0.0877 e. The van der Waals surface area contributed by atoms with E-state index in [-0.39, 0.29) is 17.8 Å². The lowest BCUT2D eigenvalue weighted by Gasteiger charge is -2.48. The van der Waals surface area contributed by atoms with Gasteiger partial charge in [0.1, 0.15) is 0 Å². The summed E-state index contributed by atoms with van der Waals surface area (Å²) in [6.07, 6.45) is 0. The molecule has 0 aromatic carbocycles. The zero-order valence-electron chi connectivity index (χ0n) is 9.22. The molecule has 0 spiro atoms. The van der Waals surface area contributed by atoms with Crippen molar-refractivity contribution in [2.24, 2.45) is 0 Å². The molecule has 1 rings (SSSR count). The lowest BCUT2D eigenvalue weighted by Crippen LogP contribution is -2.59. The molecule has 0 aromatic rings. The number of hydrogen-bond acceptors (Lipinski definition) is 3. The second-order valence-electron chi connectivity index (χ2n) is 4.88. The minimum absolute atomic E-state index is 0.0719. The summed E-state index contributed by atoms with van der Waals surface area (Å²) in [5.41, 5.74) is -0.176. The summed E-state index contributed by atoms with van der Waals surface area (Å²) in [4.78, 5) is 2.28. The number of morpholine rings is 1. The van der Waals surface area contributed by atoms with E-state index in [2.05, 4.69) is 48.3 Å². The number of hydrogen-bond donors (Lipinski definition) is 1. The summed E-state index contributed by atoms with van der Waals surface area (Å²) >= 11 is 2.36. The number of halogens is 1. The molecule has 4 heteroatoms. The normalized spacial score (nSPS) is 33.2. The van der Waals surface area contributed by atoms with E-state index in [0.29, 0.717) is 0 Å². The Morgan fingerprint density at radius 3 is 2.50 bits per heavy atom. The van der Waals surface area contributed by atoms with Gasteiger partial charge in [-0.1, -0.05) is 22.6 Å². The average molecular weight is 313 g/mol. The van der Waals surface area contributed by atoms with E-state index in [1.54, 1.807) is 0 Å². The highest BCUT2D eigenvalue weighted by Gasteiger charge is 2.39. The van der Waals surface area contributed by atoms with Crippen LogP contribution in [0.25, 0.3) is 0 Å². The largest absolute Gasteiger partial charge is 0.395 e. The number of nitrogens with zero attached hydrogens (tertiary/aromatic N) is 1. The van der Waals surface area contributed by atoms with Gasteiger partial charge in [-0.2, -0.15) is 0 Å². The predicted molar refractivity (Wildman–Crippen MR) is 66.0 cm³/mol. The highest BCUT2D eigenvalue weighted by atomic mass is 127. The smallest absolute Gasteiger partial charge is 0.0877 e. The number of ether oxygens (including phenoxy) is 1. The van der Waals surface area contributed by atoms with E-state index in [4.69, 9.17) is 9.84 Å². The van der Waals surface area contributed by atoms with Crippen molar-refractivity contribution in [3.8, 4) is 0 Å². The Kier molecular flexibility index (Phi) is 4.20. The van der Waals surface area contributed by atoms with Crippen LogP contribution in [0.5, 0.6) is 0 Å². The van der Waals surface area contributed by atoms with Crippen molar-refractivity contribution in [1.29, 1.82) is 0 Å². The van der Waals surface area contributed by atoms with Crippen LogP contribution >= 0.6 is 22.6 Å². The topological polar surface area (TPSA) is 32.7 Å². The van der Waals surface area contributed by atoms with Gasteiger partial charge in [-0.3, -0.25) is 4.90 Å². The first-order valence-corrected chi connectivity index (χ1v) is 6.53. The predicted octanol–water partition coefficient (Wildman–Crippen LogP) is 1.28. The van der Waals surface area contributed by atoms with Crippen LogP contribution in [0.1, 0.15) is 20.8 Å². The molecular weight excluding hydrogens is 293 g/mol. The Morgan fingerprint density at radius 2 is 2.00 bits per heavy atom. The Labute approximate surface area is 99.9 Å². The van der Waals surface area contributed by atoms with E-state index >= 15 is 0 Å². The molecule has 84 valence electrons. The van der Waals surface area contributed by atoms with Crippen molar-refractivity contribution in [1.82, 2.24) is 4.90 Å². The first kappa shape index (κ1) is 12.7. The molecule has 0 radical (unpaired) electrons. The van der Waals surface area contributed by atoms with Gasteiger partial charge in [-0.25, -0.2) is 0 Å². The monoisotopic (exact) mass is 313 g/mol. The second kappa shape index (κ2) is 4.63. The Bertz CT molecular complexity index is 199. The number of β-amino-alcohol motifs (C(OH)–C–C–N with tert-alkyl or cyclic N) is 1. The van der Waals surface area contributed by atoms with Crippen LogP contribution < -0.4 is 0 Å². The third-order valence-corrected chi connectivity index (χ3v) is 4.00. The molecular formula is C10H20INO2. The summed E-state index contributed by atoms with van der Waals surface area (Å²) in [7, 11) is 0. The SMILES string of the molecule is CC1(C)CN(CCO)CC(C)(CI)O1. The lowest BCUT2D eigenvalue weighted by molar-refractivity contribution is -0.177. The maximum absolute atomic E-state index is 8.95. The quantitative estimate of drug-likeness (QED) is 0.629. The van der Waals surface area contributed by atoms with Crippen LogP contribution in [-0.4, -0.2) is 51.9 Å². The first-order valence-electron chi connectivity index (χ1n) is 5.00. The van der Waals surface area contributed by atoms with E-state index in [0.717, 1.165) is 24.1 Å². The fourth-order valence-corrected chi connectivity index (χ4v) is 2.56. The molecule has 1 fully saturated rings. The van der Waals surface area contributed by atoms with Gasteiger partial charge in [0, 0.05) is 24.1 Å². The van der Waals surface area contributed by atoms with Gasteiger partial charge >= 0.3 is 0 Å². The van der Waals surface area contributed by atoms with Crippen LogP contribution in [0.3, 0.4) is 0 Å². The lowest BCUT2D eigenvalue weighted by atomic mass is 9.99. The van der Waals surface area contributed by atoms with Crippen LogP contribution in [0.4, 0.5) is 0 Å². The third kappa shape index (κ3) is 3.32. The Balaban J connectivity index is 2.67. The molecule has 1 unspecified atom stereocenters. The van der Waals surface area contributed by atoms with Crippen LogP contribution in [0, 0.1) is 0 Å². The molecule has 0 aliphatic carbocycles. The molecule has 1 heterocycles. The number of alkyl halides is 1. The van der Waals surface area contributed by atoms with Crippen molar-refractivity contribution in [2.45, 2.75) is 32.0 Å². The van der Waals surface area contributed by atoms with E-state index in [1.807, 2.05) is 0 Å². The fourth-order valence-electron chi connectivity index (χ4n) is 2.17. The fraction of sp³-hybridized carbons (Fsp3) is 1.00. The Hall–Kier alpha value is 0.610. The van der Waals surface area contributed by atoms with Crippen molar-refractivity contribution >= 4 is 22.6 Å². The molecule has 1 saturated heterocycles. The first-order chi connectivity index (χ1) is 6.41. The summed E-state index contributed by atoms with van der Waals surface area (Å²) < 4.78 is 7.04. The number of rotatable bonds is 3. The molecule has 14 heavy (non-hydrogen) atoms. The minimum atomic E-state index is -0.104.